The minimum absolute atomic E-state index is 0.0848. The molecule has 1 N–H and O–H groups in total. The molecule has 3 rings (SSSR count). The molecule has 0 bridgehead atoms. The van der Waals surface area contributed by atoms with Gasteiger partial charge in [-0.25, -0.2) is 4.98 Å². The number of hydrogen-bond acceptors (Lipinski definition) is 5. The molecule has 0 spiro atoms. The molecule has 1 amide bonds. The number of nitrogens with zero attached hydrogens (tertiary/aromatic N) is 2. The summed E-state index contributed by atoms with van der Waals surface area (Å²) in [6, 6.07) is 5.69. The van der Waals surface area contributed by atoms with Gasteiger partial charge < -0.3 is 5.32 Å². The van der Waals surface area contributed by atoms with Gasteiger partial charge in [0.1, 0.15) is 4.83 Å². The van der Waals surface area contributed by atoms with Crippen molar-refractivity contribution >= 4 is 60.8 Å². The largest absolute Gasteiger partial charge is 0.325 e. The van der Waals surface area contributed by atoms with Crippen LogP contribution in [0.2, 0.25) is 0 Å². The number of aromatic nitrogens is 2. The van der Waals surface area contributed by atoms with E-state index in [2.05, 4.69) is 32.8 Å². The van der Waals surface area contributed by atoms with Gasteiger partial charge in [0.15, 0.2) is 5.16 Å². The standard InChI is InChI=1S/C20H20BrN3O2S2/c1-5-8-24-19(26)17-12(3)13(4)28-18(17)23-20(24)27-10-16(25)22-15-7-6-14(21)9-11(15)2/h5-7,9H,1,8,10H2,2-4H3,(H,22,25). The van der Waals surface area contributed by atoms with Crippen molar-refractivity contribution in [1.29, 1.82) is 0 Å². The molecule has 28 heavy (non-hydrogen) atoms. The van der Waals surface area contributed by atoms with Gasteiger partial charge in [-0.15, -0.1) is 17.9 Å². The molecule has 2 aromatic heterocycles. The van der Waals surface area contributed by atoms with Crippen LogP contribution < -0.4 is 10.9 Å². The first-order valence-corrected chi connectivity index (χ1v) is 11.2. The van der Waals surface area contributed by atoms with Crippen molar-refractivity contribution in [3.05, 3.63) is 61.7 Å². The van der Waals surface area contributed by atoms with Gasteiger partial charge >= 0.3 is 0 Å². The highest BCUT2D eigenvalue weighted by atomic mass is 79.9. The number of allylic oxidation sites excluding steroid dienone is 1. The van der Waals surface area contributed by atoms with Crippen LogP contribution in [0, 0.1) is 20.8 Å². The first kappa shape index (κ1) is 20.8. The Kier molecular flexibility index (Phi) is 6.42. The number of halogens is 1. The SMILES string of the molecule is C=CCn1c(SCC(=O)Nc2ccc(Br)cc2C)nc2sc(C)c(C)c2c1=O. The highest BCUT2D eigenvalue weighted by molar-refractivity contribution is 9.10. The minimum atomic E-state index is -0.145. The molecule has 3 aromatic rings. The maximum atomic E-state index is 12.9. The topological polar surface area (TPSA) is 64.0 Å². The summed E-state index contributed by atoms with van der Waals surface area (Å²) in [7, 11) is 0. The van der Waals surface area contributed by atoms with E-state index in [1.54, 1.807) is 10.6 Å². The van der Waals surface area contributed by atoms with Crippen molar-refractivity contribution < 1.29 is 4.79 Å². The summed E-state index contributed by atoms with van der Waals surface area (Å²) in [4.78, 5) is 31.8. The number of carbonyl (C=O) groups excluding carboxylic acids is 1. The zero-order valence-corrected chi connectivity index (χ0v) is 19.1. The lowest BCUT2D eigenvalue weighted by molar-refractivity contribution is -0.113. The summed E-state index contributed by atoms with van der Waals surface area (Å²) >= 11 is 6.18. The molecule has 146 valence electrons. The van der Waals surface area contributed by atoms with Gasteiger partial charge in [-0.1, -0.05) is 33.8 Å². The quantitative estimate of drug-likeness (QED) is 0.306. The zero-order chi connectivity index (χ0) is 20.4. The molecule has 0 saturated heterocycles. The average Bonchev–Trinajstić information content (AvgIpc) is 2.92. The number of fused-ring (bicyclic) bond motifs is 1. The fourth-order valence-corrected chi connectivity index (χ4v) is 5.15. The summed E-state index contributed by atoms with van der Waals surface area (Å²) in [6.45, 7) is 9.95. The van der Waals surface area contributed by atoms with E-state index in [0.29, 0.717) is 21.9 Å². The number of aryl methyl sites for hydroxylation is 3. The fourth-order valence-electron chi connectivity index (χ4n) is 2.79. The molecule has 0 unspecified atom stereocenters. The number of amides is 1. The number of hydrogen-bond donors (Lipinski definition) is 1. The molecule has 0 aliphatic carbocycles. The Labute approximate surface area is 180 Å². The Bertz CT molecular complexity index is 1130. The highest BCUT2D eigenvalue weighted by Gasteiger charge is 2.17. The van der Waals surface area contributed by atoms with Crippen LogP contribution in [0.1, 0.15) is 16.0 Å². The molecule has 0 radical (unpaired) electrons. The van der Waals surface area contributed by atoms with Crippen molar-refractivity contribution in [3.8, 4) is 0 Å². The first-order valence-electron chi connectivity index (χ1n) is 8.62. The van der Waals surface area contributed by atoms with E-state index in [1.165, 1.54) is 23.1 Å². The Morgan fingerprint density at radius 3 is 2.82 bits per heavy atom. The van der Waals surface area contributed by atoms with Crippen LogP contribution in [0.4, 0.5) is 5.69 Å². The minimum Gasteiger partial charge on any atom is -0.325 e. The smallest absolute Gasteiger partial charge is 0.263 e. The third-order valence-corrected chi connectivity index (χ3v) is 6.93. The second kappa shape index (κ2) is 8.63. The second-order valence-corrected chi connectivity index (χ2v) is 9.42. The van der Waals surface area contributed by atoms with E-state index in [1.807, 2.05) is 39.0 Å². The van der Waals surface area contributed by atoms with Crippen LogP contribution in [0.3, 0.4) is 0 Å². The van der Waals surface area contributed by atoms with Crippen LogP contribution in [0.25, 0.3) is 10.2 Å². The van der Waals surface area contributed by atoms with Crippen molar-refractivity contribution in [2.24, 2.45) is 0 Å². The van der Waals surface area contributed by atoms with Gasteiger partial charge in [0.2, 0.25) is 5.91 Å². The van der Waals surface area contributed by atoms with E-state index in [0.717, 1.165) is 26.2 Å². The van der Waals surface area contributed by atoms with Gasteiger partial charge in [0.25, 0.3) is 5.56 Å². The molecule has 2 heterocycles. The number of rotatable bonds is 6. The lowest BCUT2D eigenvalue weighted by atomic mass is 10.2. The van der Waals surface area contributed by atoms with Gasteiger partial charge in [-0.3, -0.25) is 14.2 Å². The first-order chi connectivity index (χ1) is 13.3. The third kappa shape index (κ3) is 4.24. The highest BCUT2D eigenvalue weighted by Crippen LogP contribution is 2.28. The van der Waals surface area contributed by atoms with Crippen LogP contribution in [-0.4, -0.2) is 21.2 Å². The predicted molar refractivity (Wildman–Crippen MR) is 122 cm³/mol. The summed E-state index contributed by atoms with van der Waals surface area (Å²) < 4.78 is 2.54. The summed E-state index contributed by atoms with van der Waals surface area (Å²) in [5.74, 6) is 0.0157. The summed E-state index contributed by atoms with van der Waals surface area (Å²) in [5.41, 5.74) is 2.62. The lowest BCUT2D eigenvalue weighted by Gasteiger charge is -2.11. The number of carbonyl (C=O) groups is 1. The number of thioether (sulfide) groups is 1. The Balaban J connectivity index is 1.85. The van der Waals surface area contributed by atoms with Gasteiger partial charge in [-0.2, -0.15) is 0 Å². The molecule has 1 aromatic carbocycles. The van der Waals surface area contributed by atoms with E-state index in [9.17, 15) is 9.59 Å². The van der Waals surface area contributed by atoms with Gasteiger partial charge in [0.05, 0.1) is 11.1 Å². The lowest BCUT2D eigenvalue weighted by Crippen LogP contribution is -2.23. The summed E-state index contributed by atoms with van der Waals surface area (Å²) in [5, 5.41) is 4.10. The van der Waals surface area contributed by atoms with E-state index >= 15 is 0 Å². The zero-order valence-electron chi connectivity index (χ0n) is 15.8. The number of thiophene rings is 1. The van der Waals surface area contributed by atoms with E-state index < -0.39 is 0 Å². The Morgan fingerprint density at radius 2 is 2.14 bits per heavy atom. The van der Waals surface area contributed by atoms with Crippen molar-refractivity contribution in [3.63, 3.8) is 0 Å². The normalized spacial score (nSPS) is 11.0. The number of nitrogens with one attached hydrogen (secondary N) is 1. The molecular weight excluding hydrogens is 458 g/mol. The average molecular weight is 478 g/mol. The molecule has 0 saturated carbocycles. The van der Waals surface area contributed by atoms with Crippen LogP contribution in [0.5, 0.6) is 0 Å². The molecule has 8 heteroatoms. The van der Waals surface area contributed by atoms with Crippen molar-refractivity contribution in [1.82, 2.24) is 9.55 Å². The van der Waals surface area contributed by atoms with Crippen LogP contribution in [0.15, 0.2) is 45.3 Å². The van der Waals surface area contributed by atoms with Gasteiger partial charge in [-0.05, 0) is 50.1 Å². The number of anilines is 1. The predicted octanol–water partition coefficient (Wildman–Crippen LogP) is 5.06. The maximum Gasteiger partial charge on any atom is 0.263 e. The second-order valence-electron chi connectivity index (χ2n) is 6.36. The number of benzene rings is 1. The van der Waals surface area contributed by atoms with Crippen molar-refractivity contribution in [2.75, 3.05) is 11.1 Å². The van der Waals surface area contributed by atoms with E-state index in [-0.39, 0.29) is 17.2 Å². The van der Waals surface area contributed by atoms with Crippen LogP contribution in [-0.2, 0) is 11.3 Å². The Morgan fingerprint density at radius 1 is 1.39 bits per heavy atom. The molecular formula is C20H20BrN3O2S2. The Hall–Kier alpha value is -1.90. The molecule has 0 fully saturated rings. The molecule has 0 aliphatic heterocycles. The van der Waals surface area contributed by atoms with Crippen LogP contribution >= 0.6 is 39.0 Å². The fraction of sp³-hybridized carbons (Fsp3) is 0.250. The molecule has 5 nitrogen and oxygen atoms in total. The van der Waals surface area contributed by atoms with E-state index in [4.69, 9.17) is 0 Å². The maximum absolute atomic E-state index is 12.9. The molecule has 0 aliphatic rings. The van der Waals surface area contributed by atoms with Gasteiger partial charge in [0, 0.05) is 21.6 Å². The van der Waals surface area contributed by atoms with Crippen molar-refractivity contribution in [2.45, 2.75) is 32.5 Å². The summed E-state index contributed by atoms with van der Waals surface area (Å²) in [6.07, 6.45) is 1.67. The monoisotopic (exact) mass is 477 g/mol. The molecule has 0 atom stereocenters. The third-order valence-electron chi connectivity index (χ3n) is 4.36.